The maximum atomic E-state index is 10.6. The molecule has 0 spiro atoms. The summed E-state index contributed by atoms with van der Waals surface area (Å²) >= 11 is 3.45. The van der Waals surface area contributed by atoms with Crippen LogP contribution in [0.2, 0.25) is 0 Å². The van der Waals surface area contributed by atoms with Gasteiger partial charge in [-0.25, -0.2) is 0 Å². The largest absolute Gasteiger partial charge is 0.384 e. The minimum atomic E-state index is -0.714. The van der Waals surface area contributed by atoms with E-state index in [0.717, 1.165) is 10.2 Å². The number of hydrogen-bond donors (Lipinski definition) is 1. The molecule has 2 atom stereocenters. The van der Waals surface area contributed by atoms with Gasteiger partial charge in [0, 0.05) is 13.2 Å². The van der Waals surface area contributed by atoms with Crippen LogP contribution in [0.15, 0.2) is 10.7 Å². The van der Waals surface area contributed by atoms with Crippen molar-refractivity contribution in [3.8, 4) is 0 Å². The first kappa shape index (κ1) is 15.7. The van der Waals surface area contributed by atoms with E-state index in [9.17, 15) is 5.11 Å². The highest BCUT2D eigenvalue weighted by Crippen LogP contribution is 2.36. The van der Waals surface area contributed by atoms with Gasteiger partial charge in [0.15, 0.2) is 0 Å². The minimum absolute atomic E-state index is 0.153. The van der Waals surface area contributed by atoms with E-state index in [4.69, 9.17) is 4.74 Å². The summed E-state index contributed by atoms with van der Waals surface area (Å²) in [6.45, 7) is 10.2. The fourth-order valence-electron chi connectivity index (χ4n) is 2.14. The van der Waals surface area contributed by atoms with Gasteiger partial charge < -0.3 is 9.84 Å². The predicted octanol–water partition coefficient (Wildman–Crippen LogP) is 3.32. The summed E-state index contributed by atoms with van der Waals surface area (Å²) in [5.41, 5.74) is 0.617. The number of aromatic nitrogens is 2. The lowest BCUT2D eigenvalue weighted by atomic mass is 9.84. The van der Waals surface area contributed by atoms with Crippen LogP contribution in [0.3, 0.4) is 0 Å². The van der Waals surface area contributed by atoms with Gasteiger partial charge in [0.1, 0.15) is 6.10 Å². The van der Waals surface area contributed by atoms with Crippen LogP contribution in [0.4, 0.5) is 0 Å². The van der Waals surface area contributed by atoms with Crippen LogP contribution in [0.5, 0.6) is 0 Å². The minimum Gasteiger partial charge on any atom is -0.384 e. The number of ether oxygens (including phenoxy) is 1. The molecule has 0 saturated heterocycles. The third-order valence-corrected chi connectivity index (χ3v) is 3.56. The maximum absolute atomic E-state index is 10.6. The molecular weight excluding hydrogens is 296 g/mol. The van der Waals surface area contributed by atoms with Crippen molar-refractivity contribution in [3.05, 3.63) is 16.4 Å². The molecule has 0 bridgehead atoms. The summed E-state index contributed by atoms with van der Waals surface area (Å²) in [7, 11) is 1.63. The Morgan fingerprint density at radius 1 is 1.39 bits per heavy atom. The Kier molecular flexibility index (Phi) is 4.98. The zero-order valence-electron chi connectivity index (χ0n) is 11.9. The molecule has 18 heavy (non-hydrogen) atoms. The Morgan fingerprint density at radius 2 is 1.94 bits per heavy atom. The molecule has 0 amide bonds. The molecule has 0 aliphatic rings. The molecule has 1 aromatic heterocycles. The number of aliphatic hydroxyl groups is 1. The molecule has 4 nitrogen and oxygen atoms in total. The SMILES string of the molecule is COC(C(O)c1c(Br)cnn1C(C)C)C(C)(C)C. The van der Waals surface area contributed by atoms with E-state index in [0.29, 0.717) is 0 Å². The monoisotopic (exact) mass is 318 g/mol. The van der Waals surface area contributed by atoms with Crippen LogP contribution in [0, 0.1) is 5.41 Å². The third-order valence-electron chi connectivity index (χ3n) is 2.95. The lowest BCUT2D eigenvalue weighted by molar-refractivity contribution is -0.0760. The lowest BCUT2D eigenvalue weighted by Gasteiger charge is -2.33. The summed E-state index contributed by atoms with van der Waals surface area (Å²) in [6, 6.07) is 0.193. The van der Waals surface area contributed by atoms with Crippen LogP contribution in [-0.2, 0) is 4.74 Å². The Labute approximate surface area is 117 Å². The van der Waals surface area contributed by atoms with Crippen molar-refractivity contribution in [2.24, 2.45) is 5.41 Å². The highest BCUT2D eigenvalue weighted by atomic mass is 79.9. The standard InChI is InChI=1S/C13H23BrN2O2/c1-8(2)16-10(9(14)7-15-16)11(17)12(18-6)13(3,4)5/h7-8,11-12,17H,1-6H3. The number of rotatable bonds is 4. The van der Waals surface area contributed by atoms with Gasteiger partial charge >= 0.3 is 0 Å². The summed E-state index contributed by atoms with van der Waals surface area (Å²) in [5, 5.41) is 14.9. The van der Waals surface area contributed by atoms with Crippen molar-refractivity contribution >= 4 is 15.9 Å². The fraction of sp³-hybridized carbons (Fsp3) is 0.769. The normalized spacial score (nSPS) is 16.1. The zero-order chi connectivity index (χ0) is 14.1. The number of nitrogens with zero attached hydrogens (tertiary/aromatic N) is 2. The topological polar surface area (TPSA) is 47.3 Å². The van der Waals surface area contributed by atoms with Crippen LogP contribution in [0.25, 0.3) is 0 Å². The molecule has 0 saturated carbocycles. The van der Waals surface area contributed by atoms with Crippen LogP contribution in [0.1, 0.15) is 52.5 Å². The van der Waals surface area contributed by atoms with Crippen molar-refractivity contribution < 1.29 is 9.84 Å². The lowest BCUT2D eigenvalue weighted by Crippen LogP contribution is -2.35. The van der Waals surface area contributed by atoms with Crippen molar-refractivity contribution in [2.75, 3.05) is 7.11 Å². The molecule has 0 aliphatic heterocycles. The van der Waals surface area contributed by atoms with E-state index in [1.165, 1.54) is 0 Å². The summed E-state index contributed by atoms with van der Waals surface area (Å²) in [6.07, 6.45) is 0.714. The molecule has 0 aliphatic carbocycles. The average Bonchev–Trinajstić information content (AvgIpc) is 2.58. The second-order valence-corrected chi connectivity index (χ2v) is 6.74. The molecule has 1 heterocycles. The second kappa shape index (κ2) is 5.72. The van der Waals surface area contributed by atoms with Crippen LogP contribution < -0.4 is 0 Å². The van der Waals surface area contributed by atoms with Gasteiger partial charge in [-0.1, -0.05) is 20.8 Å². The average molecular weight is 319 g/mol. The summed E-state index contributed by atoms with van der Waals surface area (Å²) in [5.74, 6) is 0. The predicted molar refractivity (Wildman–Crippen MR) is 75.5 cm³/mol. The zero-order valence-corrected chi connectivity index (χ0v) is 13.5. The third kappa shape index (κ3) is 3.13. The van der Waals surface area contributed by atoms with Crippen molar-refractivity contribution in [1.82, 2.24) is 9.78 Å². The van der Waals surface area contributed by atoms with E-state index in [2.05, 4.69) is 21.0 Å². The molecule has 5 heteroatoms. The van der Waals surface area contributed by atoms with Gasteiger partial charge in [0.25, 0.3) is 0 Å². The van der Waals surface area contributed by atoms with E-state index < -0.39 is 6.10 Å². The smallest absolute Gasteiger partial charge is 0.123 e. The summed E-state index contributed by atoms with van der Waals surface area (Å²) < 4.78 is 8.12. The Hall–Kier alpha value is -0.390. The molecule has 1 N–H and O–H groups in total. The molecular formula is C13H23BrN2O2. The first-order valence-electron chi connectivity index (χ1n) is 6.14. The number of methoxy groups -OCH3 is 1. The van der Waals surface area contributed by atoms with Gasteiger partial charge in [-0.2, -0.15) is 5.10 Å². The van der Waals surface area contributed by atoms with E-state index >= 15 is 0 Å². The van der Waals surface area contributed by atoms with Gasteiger partial charge in [0.05, 0.1) is 22.5 Å². The number of aliphatic hydroxyl groups excluding tert-OH is 1. The van der Waals surface area contributed by atoms with E-state index in [1.54, 1.807) is 13.3 Å². The molecule has 1 rings (SSSR count). The highest BCUT2D eigenvalue weighted by Gasteiger charge is 2.35. The van der Waals surface area contributed by atoms with Gasteiger partial charge in [-0.3, -0.25) is 4.68 Å². The fourth-order valence-corrected chi connectivity index (χ4v) is 2.65. The van der Waals surface area contributed by atoms with Crippen LogP contribution >= 0.6 is 15.9 Å². The molecule has 0 fully saturated rings. The number of hydrogen-bond acceptors (Lipinski definition) is 3. The van der Waals surface area contributed by atoms with Crippen molar-refractivity contribution in [2.45, 2.75) is 52.9 Å². The Morgan fingerprint density at radius 3 is 2.33 bits per heavy atom. The molecule has 0 radical (unpaired) electrons. The highest BCUT2D eigenvalue weighted by molar-refractivity contribution is 9.10. The molecule has 2 unspecified atom stereocenters. The Balaban J connectivity index is 3.17. The maximum Gasteiger partial charge on any atom is 0.123 e. The molecule has 104 valence electrons. The van der Waals surface area contributed by atoms with Crippen molar-refractivity contribution in [1.29, 1.82) is 0 Å². The van der Waals surface area contributed by atoms with Gasteiger partial charge in [0.2, 0.25) is 0 Å². The first-order chi connectivity index (χ1) is 8.20. The Bertz CT molecular complexity index is 396. The molecule has 1 aromatic rings. The molecule has 0 aromatic carbocycles. The van der Waals surface area contributed by atoms with Crippen molar-refractivity contribution in [3.63, 3.8) is 0 Å². The van der Waals surface area contributed by atoms with Gasteiger partial charge in [-0.15, -0.1) is 0 Å². The quantitative estimate of drug-likeness (QED) is 0.926. The van der Waals surface area contributed by atoms with E-state index in [1.807, 2.05) is 39.3 Å². The first-order valence-corrected chi connectivity index (χ1v) is 6.93. The van der Waals surface area contributed by atoms with Gasteiger partial charge in [-0.05, 0) is 35.2 Å². The van der Waals surface area contributed by atoms with E-state index in [-0.39, 0.29) is 17.6 Å². The van der Waals surface area contributed by atoms with Crippen LogP contribution in [-0.4, -0.2) is 28.1 Å². The summed E-state index contributed by atoms with van der Waals surface area (Å²) in [4.78, 5) is 0. The number of halogens is 1. The second-order valence-electron chi connectivity index (χ2n) is 5.88.